The summed E-state index contributed by atoms with van der Waals surface area (Å²) >= 11 is 0. The van der Waals surface area contributed by atoms with Crippen molar-refractivity contribution in [2.75, 3.05) is 0 Å². The van der Waals surface area contributed by atoms with Gasteiger partial charge in [0.15, 0.2) is 0 Å². The van der Waals surface area contributed by atoms with E-state index in [2.05, 4.69) is 19.1 Å². The van der Waals surface area contributed by atoms with E-state index in [9.17, 15) is 4.79 Å². The van der Waals surface area contributed by atoms with E-state index in [1.165, 1.54) is 64.2 Å². The Kier molecular flexibility index (Phi) is 14.6. The van der Waals surface area contributed by atoms with Crippen molar-refractivity contribution >= 4 is 5.91 Å². The van der Waals surface area contributed by atoms with Gasteiger partial charge in [-0.1, -0.05) is 70.4 Å². The van der Waals surface area contributed by atoms with Crippen LogP contribution in [0.2, 0.25) is 0 Å². The van der Waals surface area contributed by atoms with E-state index in [1.807, 2.05) is 0 Å². The van der Waals surface area contributed by atoms with Gasteiger partial charge in [-0.15, -0.1) is 0 Å². The Bertz CT molecular complexity index is 223. The third-order valence-electron chi connectivity index (χ3n) is 3.43. The van der Waals surface area contributed by atoms with E-state index < -0.39 is 0 Å². The summed E-state index contributed by atoms with van der Waals surface area (Å²) in [6.07, 6.45) is 20.5. The van der Waals surface area contributed by atoms with Crippen LogP contribution in [-0.2, 0) is 4.79 Å². The van der Waals surface area contributed by atoms with Crippen molar-refractivity contribution in [2.24, 2.45) is 5.73 Å². The van der Waals surface area contributed by atoms with Gasteiger partial charge in [0.05, 0.1) is 0 Å². The average Bonchev–Trinajstić information content (AvgIpc) is 2.39. The summed E-state index contributed by atoms with van der Waals surface area (Å²) < 4.78 is 0. The highest BCUT2D eigenvalue weighted by Crippen LogP contribution is 2.10. The fraction of sp³-hybridized carbons (Fsp3) is 0.824. The molecule has 112 valence electrons. The molecule has 2 nitrogen and oxygen atoms in total. The molecule has 0 saturated carbocycles. The Morgan fingerprint density at radius 1 is 0.789 bits per heavy atom. The van der Waals surface area contributed by atoms with Gasteiger partial charge >= 0.3 is 0 Å². The maximum atomic E-state index is 10.5. The van der Waals surface area contributed by atoms with Crippen molar-refractivity contribution in [2.45, 2.75) is 90.4 Å². The Morgan fingerprint density at radius 2 is 1.26 bits per heavy atom. The molecule has 0 rings (SSSR count). The number of primary amides is 1. The minimum Gasteiger partial charge on any atom is -0.370 e. The zero-order valence-corrected chi connectivity index (χ0v) is 12.8. The standard InChI is InChI=1S/C17H33NO/c1-2-3-4-5-6-7-8-9-10-11-12-13-14-15-16-17(18)19/h12-13H,2-11,14-16H2,1H3,(H2,18,19). The van der Waals surface area contributed by atoms with Crippen molar-refractivity contribution in [1.82, 2.24) is 0 Å². The van der Waals surface area contributed by atoms with Crippen LogP contribution in [0.3, 0.4) is 0 Å². The molecule has 2 heteroatoms. The lowest BCUT2D eigenvalue weighted by Crippen LogP contribution is -2.09. The minimum absolute atomic E-state index is 0.188. The second-order valence-corrected chi connectivity index (χ2v) is 5.45. The number of carbonyl (C=O) groups is 1. The van der Waals surface area contributed by atoms with Crippen LogP contribution >= 0.6 is 0 Å². The van der Waals surface area contributed by atoms with Gasteiger partial charge in [0.25, 0.3) is 0 Å². The van der Waals surface area contributed by atoms with Gasteiger partial charge in [-0.2, -0.15) is 0 Å². The molecule has 0 bridgehead atoms. The van der Waals surface area contributed by atoms with E-state index in [1.54, 1.807) is 0 Å². The summed E-state index contributed by atoms with van der Waals surface area (Å²) in [5.74, 6) is -0.188. The van der Waals surface area contributed by atoms with Crippen molar-refractivity contribution in [3.63, 3.8) is 0 Å². The number of nitrogens with two attached hydrogens (primary N) is 1. The summed E-state index contributed by atoms with van der Waals surface area (Å²) in [5, 5.41) is 0. The molecule has 0 heterocycles. The predicted molar refractivity (Wildman–Crippen MR) is 84.0 cm³/mol. The lowest BCUT2D eigenvalue weighted by atomic mass is 10.1. The smallest absolute Gasteiger partial charge is 0.217 e. The lowest BCUT2D eigenvalue weighted by Gasteiger charge is -2.00. The van der Waals surface area contributed by atoms with E-state index in [0.717, 1.165) is 12.8 Å². The Balaban J connectivity index is 3.05. The first-order valence-corrected chi connectivity index (χ1v) is 8.20. The fourth-order valence-electron chi connectivity index (χ4n) is 2.20. The highest BCUT2D eigenvalue weighted by molar-refractivity contribution is 5.73. The van der Waals surface area contributed by atoms with Gasteiger partial charge in [-0.3, -0.25) is 4.79 Å². The molecule has 19 heavy (non-hydrogen) atoms. The van der Waals surface area contributed by atoms with Crippen LogP contribution in [0.25, 0.3) is 0 Å². The molecule has 0 aliphatic heterocycles. The second-order valence-electron chi connectivity index (χ2n) is 5.45. The molecule has 0 unspecified atom stereocenters. The molecule has 0 aromatic heterocycles. The van der Waals surface area contributed by atoms with E-state index >= 15 is 0 Å². The summed E-state index contributed by atoms with van der Waals surface area (Å²) in [4.78, 5) is 10.5. The van der Waals surface area contributed by atoms with E-state index in [-0.39, 0.29) is 5.91 Å². The summed E-state index contributed by atoms with van der Waals surface area (Å²) in [6.45, 7) is 2.27. The summed E-state index contributed by atoms with van der Waals surface area (Å²) in [5.41, 5.74) is 5.08. The maximum absolute atomic E-state index is 10.5. The molecule has 2 N–H and O–H groups in total. The first kappa shape index (κ1) is 18.2. The Hall–Kier alpha value is -0.790. The molecule has 0 saturated heterocycles. The van der Waals surface area contributed by atoms with Crippen LogP contribution in [0.4, 0.5) is 0 Å². The van der Waals surface area contributed by atoms with Crippen molar-refractivity contribution < 1.29 is 4.79 Å². The average molecular weight is 267 g/mol. The van der Waals surface area contributed by atoms with Gasteiger partial charge < -0.3 is 5.73 Å². The third-order valence-corrected chi connectivity index (χ3v) is 3.43. The molecular weight excluding hydrogens is 234 g/mol. The molecule has 0 aliphatic carbocycles. The van der Waals surface area contributed by atoms with Crippen LogP contribution in [0.15, 0.2) is 12.2 Å². The highest BCUT2D eigenvalue weighted by atomic mass is 16.1. The predicted octanol–water partition coefficient (Wildman–Crippen LogP) is 5.12. The summed E-state index contributed by atoms with van der Waals surface area (Å²) in [7, 11) is 0. The van der Waals surface area contributed by atoms with Gasteiger partial charge in [-0.05, 0) is 25.7 Å². The van der Waals surface area contributed by atoms with Crippen molar-refractivity contribution in [3.8, 4) is 0 Å². The van der Waals surface area contributed by atoms with Gasteiger partial charge in [-0.25, -0.2) is 0 Å². The van der Waals surface area contributed by atoms with E-state index in [4.69, 9.17) is 5.73 Å². The molecule has 0 atom stereocenters. The van der Waals surface area contributed by atoms with Gasteiger partial charge in [0, 0.05) is 6.42 Å². The number of allylic oxidation sites excluding steroid dienone is 2. The zero-order chi connectivity index (χ0) is 14.2. The third kappa shape index (κ3) is 17.2. The molecule has 1 amide bonds. The number of unbranched alkanes of at least 4 members (excludes halogenated alkanes) is 10. The van der Waals surface area contributed by atoms with Gasteiger partial charge in [0.2, 0.25) is 5.91 Å². The van der Waals surface area contributed by atoms with Crippen LogP contribution < -0.4 is 5.73 Å². The molecule has 0 spiro atoms. The molecule has 0 aromatic rings. The largest absolute Gasteiger partial charge is 0.370 e. The van der Waals surface area contributed by atoms with Gasteiger partial charge in [0.1, 0.15) is 0 Å². The quantitative estimate of drug-likeness (QED) is 0.344. The van der Waals surface area contributed by atoms with Crippen LogP contribution in [0, 0.1) is 0 Å². The monoisotopic (exact) mass is 267 g/mol. The Labute approximate surface area is 119 Å². The number of hydrogen-bond donors (Lipinski definition) is 1. The first-order chi connectivity index (χ1) is 9.27. The maximum Gasteiger partial charge on any atom is 0.217 e. The summed E-state index contributed by atoms with van der Waals surface area (Å²) in [6, 6.07) is 0. The first-order valence-electron chi connectivity index (χ1n) is 8.20. The number of hydrogen-bond acceptors (Lipinski definition) is 1. The SMILES string of the molecule is CCCCCCCCCCCC=CCCCC(N)=O. The lowest BCUT2D eigenvalue weighted by molar-refractivity contribution is -0.118. The molecule has 0 aromatic carbocycles. The zero-order valence-electron chi connectivity index (χ0n) is 12.8. The van der Waals surface area contributed by atoms with Crippen LogP contribution in [-0.4, -0.2) is 5.91 Å². The van der Waals surface area contributed by atoms with Crippen molar-refractivity contribution in [3.05, 3.63) is 12.2 Å². The normalized spacial score (nSPS) is 11.2. The molecular formula is C17H33NO. The molecule has 0 fully saturated rings. The minimum atomic E-state index is -0.188. The number of carbonyl (C=O) groups excluding carboxylic acids is 1. The van der Waals surface area contributed by atoms with Crippen molar-refractivity contribution in [1.29, 1.82) is 0 Å². The number of rotatable bonds is 14. The van der Waals surface area contributed by atoms with Crippen LogP contribution in [0.1, 0.15) is 90.4 Å². The fourth-order valence-corrected chi connectivity index (χ4v) is 2.20. The highest BCUT2D eigenvalue weighted by Gasteiger charge is 1.92. The topological polar surface area (TPSA) is 43.1 Å². The van der Waals surface area contributed by atoms with E-state index in [0.29, 0.717) is 6.42 Å². The molecule has 0 radical (unpaired) electrons. The molecule has 0 aliphatic rings. The second kappa shape index (κ2) is 15.3. The number of amides is 1. The Morgan fingerprint density at radius 3 is 1.79 bits per heavy atom. The van der Waals surface area contributed by atoms with Crippen LogP contribution in [0.5, 0.6) is 0 Å².